The van der Waals surface area contributed by atoms with Crippen LogP contribution in [0.1, 0.15) is 27.6 Å². The van der Waals surface area contributed by atoms with Crippen molar-refractivity contribution in [3.05, 3.63) is 34.9 Å². The molecule has 0 aliphatic carbocycles. The topological polar surface area (TPSA) is 110 Å². The third-order valence-corrected chi connectivity index (χ3v) is 2.44. The van der Waals surface area contributed by atoms with Gasteiger partial charge in [-0.15, -0.1) is 5.10 Å². The molecule has 0 saturated carbocycles. The average molecular weight is 246 g/mol. The highest BCUT2D eigenvalue weighted by atomic mass is 16.1. The Bertz CT molecular complexity index is 577. The predicted molar refractivity (Wildman–Crippen MR) is 65.7 cm³/mol. The van der Waals surface area contributed by atoms with Gasteiger partial charge in [0.25, 0.3) is 5.91 Å². The van der Waals surface area contributed by atoms with Crippen LogP contribution in [0.5, 0.6) is 0 Å². The van der Waals surface area contributed by atoms with Crippen molar-refractivity contribution in [3.63, 3.8) is 0 Å². The molecule has 18 heavy (non-hydrogen) atoms. The smallest absolute Gasteiger partial charge is 0.253 e. The van der Waals surface area contributed by atoms with Crippen molar-refractivity contribution in [1.29, 1.82) is 0 Å². The number of nitrogens with zero attached hydrogens (tertiary/aromatic N) is 3. The van der Waals surface area contributed by atoms with E-state index >= 15 is 0 Å². The van der Waals surface area contributed by atoms with Crippen LogP contribution in [0.25, 0.3) is 0 Å². The molecule has 0 unspecified atom stereocenters. The Morgan fingerprint density at radius 1 is 1.39 bits per heavy atom. The highest BCUT2D eigenvalue weighted by Gasteiger charge is 2.10. The molecule has 0 aliphatic heterocycles. The second-order valence-corrected chi connectivity index (χ2v) is 3.91. The Morgan fingerprint density at radius 2 is 2.17 bits per heavy atom. The molecule has 2 heterocycles. The van der Waals surface area contributed by atoms with Gasteiger partial charge >= 0.3 is 0 Å². The van der Waals surface area contributed by atoms with Crippen LogP contribution >= 0.6 is 0 Å². The monoisotopic (exact) mass is 246 g/mol. The Balaban J connectivity index is 2.03. The fourth-order valence-electron chi connectivity index (χ4n) is 1.57. The van der Waals surface area contributed by atoms with E-state index in [4.69, 9.17) is 5.73 Å². The lowest BCUT2D eigenvalue weighted by molar-refractivity contribution is 0.0949. The van der Waals surface area contributed by atoms with Crippen molar-refractivity contribution in [2.75, 3.05) is 5.73 Å². The number of nitrogens with two attached hydrogens (primary N) is 1. The van der Waals surface area contributed by atoms with Crippen molar-refractivity contribution >= 4 is 11.9 Å². The number of H-pyrrole nitrogens is 1. The number of nitrogen functional groups attached to an aromatic ring is 1. The Hall–Kier alpha value is -2.44. The van der Waals surface area contributed by atoms with Crippen LogP contribution in [0.3, 0.4) is 0 Å². The van der Waals surface area contributed by atoms with Crippen molar-refractivity contribution in [3.8, 4) is 0 Å². The standard InChI is InChI=1S/C11H14N6O/c1-6-3-4-8(7(2)14-6)10(18)13-5-9-15-11(12)17-16-9/h3-4H,5H2,1-2H3,(H,13,18)(H3,12,15,16,17). The number of hydrogen-bond donors (Lipinski definition) is 3. The van der Waals surface area contributed by atoms with E-state index in [1.54, 1.807) is 19.1 Å². The third-order valence-electron chi connectivity index (χ3n) is 2.44. The summed E-state index contributed by atoms with van der Waals surface area (Å²) >= 11 is 0. The number of hydrogen-bond acceptors (Lipinski definition) is 5. The van der Waals surface area contributed by atoms with Gasteiger partial charge in [-0.05, 0) is 26.0 Å². The molecule has 2 aromatic rings. The summed E-state index contributed by atoms with van der Waals surface area (Å²) in [6.45, 7) is 3.93. The second kappa shape index (κ2) is 4.82. The lowest BCUT2D eigenvalue weighted by Gasteiger charge is -2.06. The molecule has 2 aromatic heterocycles. The summed E-state index contributed by atoms with van der Waals surface area (Å²) in [5.41, 5.74) is 7.49. The number of pyridine rings is 1. The van der Waals surface area contributed by atoms with Gasteiger partial charge in [-0.1, -0.05) is 0 Å². The van der Waals surface area contributed by atoms with Crippen molar-refractivity contribution in [2.45, 2.75) is 20.4 Å². The van der Waals surface area contributed by atoms with E-state index in [-0.39, 0.29) is 18.4 Å². The minimum absolute atomic E-state index is 0.160. The number of nitrogens with one attached hydrogen (secondary N) is 2. The molecule has 0 aliphatic rings. The number of aryl methyl sites for hydroxylation is 2. The molecule has 0 saturated heterocycles. The first kappa shape index (κ1) is 12.0. The summed E-state index contributed by atoms with van der Waals surface area (Å²) in [5.74, 6) is 0.473. The minimum Gasteiger partial charge on any atom is -0.367 e. The molecular formula is C11H14N6O. The van der Waals surface area contributed by atoms with E-state index in [1.807, 2.05) is 6.92 Å². The lowest BCUT2D eigenvalue weighted by atomic mass is 10.2. The number of aromatic amines is 1. The molecule has 0 spiro atoms. The number of carbonyl (C=O) groups is 1. The molecule has 2 rings (SSSR count). The zero-order chi connectivity index (χ0) is 13.1. The lowest BCUT2D eigenvalue weighted by Crippen LogP contribution is -2.24. The summed E-state index contributed by atoms with van der Waals surface area (Å²) in [5, 5.41) is 9.01. The number of carbonyl (C=O) groups excluding carboxylic acids is 1. The Labute approximate surface area is 104 Å². The predicted octanol–water partition coefficient (Wildman–Crippen LogP) is 0.329. The third kappa shape index (κ3) is 2.62. The molecule has 0 atom stereocenters. The van der Waals surface area contributed by atoms with Crippen LogP contribution in [0, 0.1) is 13.8 Å². The van der Waals surface area contributed by atoms with Gasteiger partial charge < -0.3 is 11.1 Å². The number of rotatable bonds is 3. The van der Waals surface area contributed by atoms with Crippen LogP contribution in [0.15, 0.2) is 12.1 Å². The van der Waals surface area contributed by atoms with Crippen molar-refractivity contribution in [1.82, 2.24) is 25.5 Å². The maximum atomic E-state index is 11.9. The number of aromatic nitrogens is 4. The first-order valence-electron chi connectivity index (χ1n) is 5.45. The van der Waals surface area contributed by atoms with Gasteiger partial charge in [-0.2, -0.15) is 4.98 Å². The molecular weight excluding hydrogens is 232 g/mol. The van der Waals surface area contributed by atoms with Gasteiger partial charge in [0.1, 0.15) is 5.82 Å². The first-order chi connectivity index (χ1) is 8.56. The highest BCUT2D eigenvalue weighted by Crippen LogP contribution is 2.06. The quantitative estimate of drug-likeness (QED) is 0.723. The van der Waals surface area contributed by atoms with Gasteiger partial charge in [0.15, 0.2) is 0 Å². The average Bonchev–Trinajstić information content (AvgIpc) is 2.72. The number of amides is 1. The largest absolute Gasteiger partial charge is 0.367 e. The van der Waals surface area contributed by atoms with Crippen LogP contribution in [-0.2, 0) is 6.54 Å². The zero-order valence-corrected chi connectivity index (χ0v) is 10.2. The van der Waals surface area contributed by atoms with E-state index in [1.165, 1.54) is 0 Å². The molecule has 0 fully saturated rings. The maximum absolute atomic E-state index is 11.9. The summed E-state index contributed by atoms with van der Waals surface area (Å²) in [4.78, 5) is 20.0. The molecule has 0 bridgehead atoms. The fourth-order valence-corrected chi connectivity index (χ4v) is 1.57. The molecule has 0 radical (unpaired) electrons. The van der Waals surface area contributed by atoms with Crippen LogP contribution in [-0.4, -0.2) is 26.1 Å². The van der Waals surface area contributed by atoms with Gasteiger partial charge in [-0.25, -0.2) is 0 Å². The summed E-state index contributed by atoms with van der Waals surface area (Å²) in [6.07, 6.45) is 0. The van der Waals surface area contributed by atoms with Gasteiger partial charge in [0.2, 0.25) is 5.95 Å². The second-order valence-electron chi connectivity index (χ2n) is 3.91. The van der Waals surface area contributed by atoms with Crippen molar-refractivity contribution in [2.24, 2.45) is 0 Å². The SMILES string of the molecule is Cc1ccc(C(=O)NCc2nc(N)n[nH]2)c(C)n1. The molecule has 1 amide bonds. The molecule has 0 aromatic carbocycles. The van der Waals surface area contributed by atoms with E-state index in [0.29, 0.717) is 17.1 Å². The normalized spacial score (nSPS) is 10.3. The van der Waals surface area contributed by atoms with Gasteiger partial charge in [0.05, 0.1) is 17.8 Å². The molecule has 4 N–H and O–H groups in total. The van der Waals surface area contributed by atoms with Crippen LogP contribution in [0.4, 0.5) is 5.95 Å². The summed E-state index contributed by atoms with van der Waals surface area (Å²) in [7, 11) is 0. The van der Waals surface area contributed by atoms with Crippen molar-refractivity contribution < 1.29 is 4.79 Å². The first-order valence-corrected chi connectivity index (χ1v) is 5.45. The minimum atomic E-state index is -0.199. The summed E-state index contributed by atoms with van der Waals surface area (Å²) in [6, 6.07) is 3.55. The molecule has 94 valence electrons. The van der Waals surface area contributed by atoms with Gasteiger partial charge in [-0.3, -0.25) is 14.9 Å². The summed E-state index contributed by atoms with van der Waals surface area (Å²) < 4.78 is 0. The van der Waals surface area contributed by atoms with Crippen LogP contribution < -0.4 is 11.1 Å². The van der Waals surface area contributed by atoms with E-state index in [0.717, 1.165) is 5.69 Å². The van der Waals surface area contributed by atoms with E-state index < -0.39 is 0 Å². The van der Waals surface area contributed by atoms with E-state index in [2.05, 4.69) is 25.5 Å². The van der Waals surface area contributed by atoms with Gasteiger partial charge in [0, 0.05) is 5.69 Å². The molecule has 7 nitrogen and oxygen atoms in total. The number of anilines is 1. The Morgan fingerprint density at radius 3 is 2.78 bits per heavy atom. The van der Waals surface area contributed by atoms with E-state index in [9.17, 15) is 4.79 Å². The molecule has 7 heteroatoms. The zero-order valence-electron chi connectivity index (χ0n) is 10.2. The fraction of sp³-hybridized carbons (Fsp3) is 0.273. The highest BCUT2D eigenvalue weighted by molar-refractivity contribution is 5.95. The Kier molecular flexibility index (Phi) is 3.22. The maximum Gasteiger partial charge on any atom is 0.253 e. The van der Waals surface area contributed by atoms with Crippen LogP contribution in [0.2, 0.25) is 0 Å².